The topological polar surface area (TPSA) is 86.0 Å². The second-order valence-electron chi connectivity index (χ2n) is 8.26. The van der Waals surface area contributed by atoms with Crippen molar-refractivity contribution in [2.75, 3.05) is 7.11 Å². The van der Waals surface area contributed by atoms with Crippen LogP contribution in [0.3, 0.4) is 0 Å². The van der Waals surface area contributed by atoms with Gasteiger partial charge in [0.2, 0.25) is 0 Å². The molecule has 2 aliphatic heterocycles. The van der Waals surface area contributed by atoms with Crippen LogP contribution in [0.25, 0.3) is 6.08 Å². The number of hydrogen-bond acceptors (Lipinski definition) is 6. The molecule has 0 spiro atoms. The summed E-state index contributed by atoms with van der Waals surface area (Å²) in [6.45, 7) is 3.91. The van der Waals surface area contributed by atoms with Crippen LogP contribution in [0.5, 0.6) is 0 Å². The van der Waals surface area contributed by atoms with Gasteiger partial charge in [-0.05, 0) is 31.1 Å². The van der Waals surface area contributed by atoms with Gasteiger partial charge in [-0.2, -0.15) is 0 Å². The van der Waals surface area contributed by atoms with Gasteiger partial charge in [0.1, 0.15) is 6.10 Å². The summed E-state index contributed by atoms with van der Waals surface area (Å²) in [5.74, 6) is -1.57. The summed E-state index contributed by atoms with van der Waals surface area (Å²) < 4.78 is 15.7. The summed E-state index contributed by atoms with van der Waals surface area (Å²) in [6, 6.07) is 1.83. The number of fused-ring (bicyclic) bond motifs is 1. The summed E-state index contributed by atoms with van der Waals surface area (Å²) in [5.41, 5.74) is -2.22. The minimum atomic E-state index is -1.68. The number of hydrogen-bond donors (Lipinski definition) is 1. The lowest BCUT2D eigenvalue weighted by molar-refractivity contribution is -0.241. The van der Waals surface area contributed by atoms with E-state index >= 15 is 0 Å². The number of carbonyl (C=O) groups excluding carboxylic acids is 2. The Morgan fingerprint density at radius 1 is 1.41 bits per heavy atom. The number of carbonyl (C=O) groups is 2. The second kappa shape index (κ2) is 5.83. The first-order chi connectivity index (χ1) is 12.8. The van der Waals surface area contributed by atoms with Crippen molar-refractivity contribution in [1.29, 1.82) is 0 Å². The average Bonchev–Trinajstić information content (AvgIpc) is 3.15. The molecule has 6 heteroatoms. The first-order valence-corrected chi connectivity index (χ1v) is 9.18. The fourth-order valence-electron chi connectivity index (χ4n) is 5.50. The standard InChI is InChI=1S/C21H24O6/c1-19(8-4-13-7-11-26-12-13)14(17(22)25-3)5-9-20(2)16(19)15-6-10-21(20,24)18(23)27-15/h4,6-8,10-12,14-16,24H,5,9H2,1-3H3/t14-,15-,16+,19-,20-,21+/m0/s1. The molecule has 27 heavy (non-hydrogen) atoms. The summed E-state index contributed by atoms with van der Waals surface area (Å²) in [6.07, 6.45) is 11.0. The van der Waals surface area contributed by atoms with Crippen molar-refractivity contribution in [1.82, 2.24) is 0 Å². The molecule has 0 amide bonds. The van der Waals surface area contributed by atoms with Crippen LogP contribution in [0, 0.1) is 22.7 Å². The van der Waals surface area contributed by atoms with E-state index in [1.165, 1.54) is 7.11 Å². The van der Waals surface area contributed by atoms with Gasteiger partial charge in [-0.1, -0.05) is 26.0 Å². The number of ether oxygens (including phenoxy) is 2. The number of methoxy groups -OCH3 is 1. The zero-order valence-electron chi connectivity index (χ0n) is 15.7. The molecule has 1 aromatic heterocycles. The molecule has 1 N–H and O–H groups in total. The van der Waals surface area contributed by atoms with Gasteiger partial charge in [0.05, 0.1) is 25.6 Å². The highest BCUT2D eigenvalue weighted by Gasteiger charge is 2.71. The second-order valence-corrected chi connectivity index (χ2v) is 8.26. The molecular weight excluding hydrogens is 348 g/mol. The van der Waals surface area contributed by atoms with Gasteiger partial charge in [-0.25, -0.2) is 4.79 Å². The minimum absolute atomic E-state index is 0.265. The maximum atomic E-state index is 12.6. The van der Waals surface area contributed by atoms with E-state index in [1.54, 1.807) is 24.7 Å². The van der Waals surface area contributed by atoms with Gasteiger partial charge in [-0.3, -0.25) is 4.79 Å². The molecule has 0 radical (unpaired) electrons. The van der Waals surface area contributed by atoms with Crippen LogP contribution in [0.4, 0.5) is 0 Å². The lowest BCUT2D eigenvalue weighted by Crippen LogP contribution is -2.71. The molecular formula is C21H24O6. The molecule has 1 saturated carbocycles. The predicted molar refractivity (Wildman–Crippen MR) is 96.2 cm³/mol. The average molecular weight is 372 g/mol. The smallest absolute Gasteiger partial charge is 0.343 e. The molecule has 144 valence electrons. The Morgan fingerprint density at radius 2 is 2.19 bits per heavy atom. The molecule has 2 fully saturated rings. The monoisotopic (exact) mass is 372 g/mol. The Bertz CT molecular complexity index is 824. The number of esters is 2. The van der Waals surface area contributed by atoms with E-state index in [0.29, 0.717) is 12.8 Å². The first-order valence-electron chi connectivity index (χ1n) is 9.18. The van der Waals surface area contributed by atoms with E-state index in [0.717, 1.165) is 5.56 Å². The molecule has 2 bridgehead atoms. The molecule has 0 aromatic carbocycles. The van der Waals surface area contributed by atoms with Crippen molar-refractivity contribution < 1.29 is 28.6 Å². The third-order valence-electron chi connectivity index (χ3n) is 7.00. The van der Waals surface area contributed by atoms with Gasteiger partial charge in [0, 0.05) is 22.3 Å². The van der Waals surface area contributed by atoms with Gasteiger partial charge < -0.3 is 19.0 Å². The Morgan fingerprint density at radius 3 is 2.81 bits per heavy atom. The molecule has 0 unspecified atom stereocenters. The quantitative estimate of drug-likeness (QED) is 0.649. The Kier molecular flexibility index (Phi) is 3.89. The van der Waals surface area contributed by atoms with E-state index in [2.05, 4.69) is 0 Å². The number of rotatable bonds is 3. The van der Waals surface area contributed by atoms with Crippen LogP contribution in [-0.4, -0.2) is 35.9 Å². The van der Waals surface area contributed by atoms with Gasteiger partial charge >= 0.3 is 11.9 Å². The van der Waals surface area contributed by atoms with Crippen molar-refractivity contribution in [3.8, 4) is 0 Å². The highest BCUT2D eigenvalue weighted by molar-refractivity contribution is 5.86. The van der Waals surface area contributed by atoms with Crippen LogP contribution in [-0.2, 0) is 19.1 Å². The van der Waals surface area contributed by atoms with E-state index < -0.39 is 34.4 Å². The Hall–Kier alpha value is -2.34. The molecule has 3 heterocycles. The van der Waals surface area contributed by atoms with Gasteiger partial charge in [0.25, 0.3) is 0 Å². The zero-order valence-corrected chi connectivity index (χ0v) is 15.7. The van der Waals surface area contributed by atoms with Crippen LogP contribution in [0.15, 0.2) is 41.2 Å². The fraction of sp³-hybridized carbons (Fsp3) is 0.524. The van der Waals surface area contributed by atoms with E-state index in [9.17, 15) is 14.7 Å². The van der Waals surface area contributed by atoms with Crippen molar-refractivity contribution in [3.63, 3.8) is 0 Å². The third-order valence-corrected chi connectivity index (χ3v) is 7.00. The minimum Gasteiger partial charge on any atom is -0.472 e. The van der Waals surface area contributed by atoms with E-state index in [-0.39, 0.29) is 11.9 Å². The predicted octanol–water partition coefficient (Wildman–Crippen LogP) is 2.73. The molecule has 5 rings (SSSR count). The lowest BCUT2D eigenvalue weighted by Gasteiger charge is -2.63. The maximum Gasteiger partial charge on any atom is 0.343 e. The molecule has 2 aliphatic carbocycles. The van der Waals surface area contributed by atoms with Crippen molar-refractivity contribution in [3.05, 3.63) is 42.4 Å². The number of furan rings is 1. The van der Waals surface area contributed by atoms with Crippen molar-refractivity contribution in [2.24, 2.45) is 22.7 Å². The van der Waals surface area contributed by atoms with Crippen LogP contribution < -0.4 is 0 Å². The van der Waals surface area contributed by atoms with Crippen LogP contribution in [0.2, 0.25) is 0 Å². The molecule has 6 nitrogen and oxygen atoms in total. The Balaban J connectivity index is 1.84. The summed E-state index contributed by atoms with van der Waals surface area (Å²) in [7, 11) is 1.39. The summed E-state index contributed by atoms with van der Waals surface area (Å²) in [5, 5.41) is 11.2. The molecule has 1 saturated heterocycles. The van der Waals surface area contributed by atoms with Crippen LogP contribution in [0.1, 0.15) is 32.3 Å². The zero-order chi connectivity index (χ0) is 19.4. The van der Waals surface area contributed by atoms with Crippen molar-refractivity contribution in [2.45, 2.75) is 38.4 Å². The van der Waals surface area contributed by atoms with Crippen LogP contribution >= 0.6 is 0 Å². The van der Waals surface area contributed by atoms with Gasteiger partial charge in [-0.15, -0.1) is 0 Å². The highest BCUT2D eigenvalue weighted by atomic mass is 16.6. The Labute approximate surface area is 157 Å². The normalized spacial score (nSPS) is 42.8. The summed E-state index contributed by atoms with van der Waals surface area (Å²) >= 11 is 0. The fourth-order valence-corrected chi connectivity index (χ4v) is 5.50. The number of allylic oxidation sites excluding steroid dienone is 1. The molecule has 1 aromatic rings. The third kappa shape index (κ3) is 2.29. The molecule has 4 aliphatic rings. The van der Waals surface area contributed by atoms with Crippen molar-refractivity contribution >= 4 is 18.0 Å². The van der Waals surface area contributed by atoms with E-state index in [4.69, 9.17) is 13.9 Å². The molecule has 6 atom stereocenters. The first kappa shape index (κ1) is 18.0. The number of aliphatic hydroxyl groups is 1. The van der Waals surface area contributed by atoms with E-state index in [1.807, 2.05) is 32.1 Å². The summed E-state index contributed by atoms with van der Waals surface area (Å²) in [4.78, 5) is 25.0. The largest absolute Gasteiger partial charge is 0.472 e. The SMILES string of the molecule is COC(=O)[C@@H]1CC[C@@]2(C)[C@H]([C@@H]3C=C[C@@]2(O)C(=O)O3)[C@@]1(C)C=Cc1ccoc1. The lowest BCUT2D eigenvalue weighted by atomic mass is 9.43. The maximum absolute atomic E-state index is 12.6. The highest BCUT2D eigenvalue weighted by Crippen LogP contribution is 2.65. The van der Waals surface area contributed by atoms with Gasteiger partial charge in [0.15, 0.2) is 5.60 Å².